The Labute approximate surface area is 129 Å². The van der Waals surface area contributed by atoms with Crippen LogP contribution in [0.2, 0.25) is 0 Å². The third-order valence-corrected chi connectivity index (χ3v) is 5.57. The van der Waals surface area contributed by atoms with Crippen molar-refractivity contribution in [3.05, 3.63) is 47.8 Å². The van der Waals surface area contributed by atoms with E-state index in [1.165, 1.54) is 0 Å². The molecule has 0 saturated heterocycles. The number of aliphatic carboxylic acids is 1. The van der Waals surface area contributed by atoms with Gasteiger partial charge in [-0.3, -0.25) is 9.78 Å². The summed E-state index contributed by atoms with van der Waals surface area (Å²) in [5, 5.41) is 9.72. The number of carboxylic acid groups (broad SMARTS) is 1. The second kappa shape index (κ2) is 4.38. The van der Waals surface area contributed by atoms with E-state index in [4.69, 9.17) is 0 Å². The predicted molar refractivity (Wildman–Crippen MR) is 82.5 cm³/mol. The molecule has 2 bridgehead atoms. The Morgan fingerprint density at radius 1 is 1.23 bits per heavy atom. The molecular formula is C18H18N2O2. The van der Waals surface area contributed by atoms with Gasteiger partial charge in [-0.05, 0) is 47.4 Å². The fourth-order valence-corrected chi connectivity index (χ4v) is 4.22. The summed E-state index contributed by atoms with van der Waals surface area (Å²) < 4.78 is 0. The summed E-state index contributed by atoms with van der Waals surface area (Å²) in [6.07, 6.45) is 2.69. The molecule has 4 heteroatoms. The highest BCUT2D eigenvalue weighted by molar-refractivity contribution is 5.78. The van der Waals surface area contributed by atoms with Gasteiger partial charge in [0.15, 0.2) is 0 Å². The average Bonchev–Trinajstić information content (AvgIpc) is 2.53. The fraction of sp³-hybridized carbons (Fsp3) is 0.389. The molecule has 0 aliphatic heterocycles. The maximum Gasteiger partial charge on any atom is 0.312 e. The molecule has 1 saturated carbocycles. The Morgan fingerprint density at radius 3 is 2.68 bits per heavy atom. The number of aromatic nitrogens is 2. The number of nitrogens with zero attached hydrogens (tertiary/aromatic N) is 2. The Kier molecular flexibility index (Phi) is 2.68. The van der Waals surface area contributed by atoms with Gasteiger partial charge in [-0.2, -0.15) is 0 Å². The van der Waals surface area contributed by atoms with E-state index in [1.807, 2.05) is 24.3 Å². The number of hydrogen-bond acceptors (Lipinski definition) is 3. The second-order valence-corrected chi connectivity index (χ2v) is 6.92. The van der Waals surface area contributed by atoms with Gasteiger partial charge in [0.25, 0.3) is 0 Å². The van der Waals surface area contributed by atoms with Crippen LogP contribution in [-0.2, 0) is 4.79 Å². The van der Waals surface area contributed by atoms with Gasteiger partial charge in [0, 0.05) is 6.20 Å². The van der Waals surface area contributed by atoms with Crippen LogP contribution >= 0.6 is 0 Å². The summed E-state index contributed by atoms with van der Waals surface area (Å²) in [6.45, 7) is 4.36. The van der Waals surface area contributed by atoms with Crippen LogP contribution in [0.3, 0.4) is 0 Å². The Bertz CT molecular complexity index is 755. The van der Waals surface area contributed by atoms with Crippen molar-refractivity contribution in [3.8, 4) is 11.4 Å². The molecule has 0 spiro atoms. The van der Waals surface area contributed by atoms with E-state index in [0.29, 0.717) is 5.92 Å². The number of carbonyl (C=O) groups is 1. The first kappa shape index (κ1) is 13.4. The van der Waals surface area contributed by atoms with Gasteiger partial charge in [0.2, 0.25) is 0 Å². The lowest BCUT2D eigenvalue weighted by molar-refractivity contribution is -0.146. The standard InChI is InChI=1S/C18H18N2O2/c1-18(2)11-9-12(18)15(17(21)22)16-10(11)6-7-14(20-16)13-5-3-4-8-19-13/h3-8,11-12,15H,9H2,1-2H3,(H,21,22)/t11-,12+,15-/m1/s1. The lowest BCUT2D eigenvalue weighted by Gasteiger charge is -2.58. The number of rotatable bonds is 2. The van der Waals surface area contributed by atoms with E-state index < -0.39 is 11.9 Å². The Hall–Kier alpha value is -2.23. The topological polar surface area (TPSA) is 63.1 Å². The molecule has 3 atom stereocenters. The summed E-state index contributed by atoms with van der Waals surface area (Å²) in [7, 11) is 0. The second-order valence-electron chi connectivity index (χ2n) is 6.92. The lowest BCUT2D eigenvalue weighted by atomic mass is 9.45. The maximum atomic E-state index is 11.8. The van der Waals surface area contributed by atoms with E-state index in [0.717, 1.165) is 29.1 Å². The van der Waals surface area contributed by atoms with Crippen molar-refractivity contribution in [3.63, 3.8) is 0 Å². The van der Waals surface area contributed by atoms with Crippen LogP contribution < -0.4 is 0 Å². The molecule has 0 radical (unpaired) electrons. The molecule has 5 rings (SSSR count). The zero-order valence-corrected chi connectivity index (χ0v) is 12.7. The number of carboxylic acids is 1. The van der Waals surface area contributed by atoms with Crippen molar-refractivity contribution in [2.75, 3.05) is 0 Å². The van der Waals surface area contributed by atoms with E-state index in [1.54, 1.807) is 6.20 Å². The molecule has 1 fully saturated rings. The average molecular weight is 294 g/mol. The van der Waals surface area contributed by atoms with Gasteiger partial charge in [-0.1, -0.05) is 26.0 Å². The van der Waals surface area contributed by atoms with Gasteiger partial charge in [-0.15, -0.1) is 0 Å². The summed E-state index contributed by atoms with van der Waals surface area (Å²) >= 11 is 0. The van der Waals surface area contributed by atoms with Gasteiger partial charge in [0.1, 0.15) is 5.92 Å². The molecule has 2 aromatic heterocycles. The normalized spacial score (nSPS) is 27.6. The van der Waals surface area contributed by atoms with Crippen LogP contribution in [0.1, 0.15) is 43.4 Å². The highest BCUT2D eigenvalue weighted by Crippen LogP contribution is 2.66. The SMILES string of the molecule is CC1(C)[C@@H]2C[C@H]1[C@@H](C(=O)O)c1nc(-c3ccccn3)ccc12. The van der Waals surface area contributed by atoms with Gasteiger partial charge in [-0.25, -0.2) is 4.98 Å². The minimum atomic E-state index is -0.761. The van der Waals surface area contributed by atoms with Crippen molar-refractivity contribution >= 4 is 5.97 Å². The molecule has 0 unspecified atom stereocenters. The number of pyridine rings is 2. The fourth-order valence-electron chi connectivity index (χ4n) is 4.22. The Balaban J connectivity index is 1.87. The Morgan fingerprint density at radius 2 is 2.05 bits per heavy atom. The molecule has 2 heterocycles. The van der Waals surface area contributed by atoms with Crippen LogP contribution in [0.5, 0.6) is 0 Å². The first-order chi connectivity index (χ1) is 10.5. The molecule has 2 aromatic rings. The van der Waals surface area contributed by atoms with Gasteiger partial charge in [0.05, 0.1) is 17.1 Å². The summed E-state index contributed by atoms with van der Waals surface area (Å²) in [5.41, 5.74) is 3.44. The summed E-state index contributed by atoms with van der Waals surface area (Å²) in [5.74, 6) is -0.663. The highest BCUT2D eigenvalue weighted by atomic mass is 16.4. The van der Waals surface area contributed by atoms with Crippen LogP contribution in [-0.4, -0.2) is 21.0 Å². The molecular weight excluding hydrogens is 276 g/mol. The predicted octanol–water partition coefficient (Wildman–Crippen LogP) is 3.46. The van der Waals surface area contributed by atoms with Crippen LogP contribution in [0.15, 0.2) is 36.5 Å². The highest BCUT2D eigenvalue weighted by Gasteiger charge is 2.59. The molecule has 112 valence electrons. The van der Waals surface area contributed by atoms with E-state index >= 15 is 0 Å². The monoisotopic (exact) mass is 294 g/mol. The zero-order valence-electron chi connectivity index (χ0n) is 12.7. The molecule has 3 aliphatic rings. The molecule has 0 aromatic carbocycles. The van der Waals surface area contributed by atoms with E-state index in [9.17, 15) is 9.90 Å². The van der Waals surface area contributed by atoms with Gasteiger partial charge >= 0.3 is 5.97 Å². The minimum Gasteiger partial charge on any atom is -0.481 e. The lowest BCUT2D eigenvalue weighted by Crippen LogP contribution is -2.52. The quantitative estimate of drug-likeness (QED) is 0.921. The van der Waals surface area contributed by atoms with Crippen molar-refractivity contribution in [1.82, 2.24) is 9.97 Å². The van der Waals surface area contributed by atoms with Crippen molar-refractivity contribution in [2.24, 2.45) is 11.3 Å². The van der Waals surface area contributed by atoms with E-state index in [2.05, 4.69) is 29.9 Å². The molecule has 22 heavy (non-hydrogen) atoms. The first-order valence-electron chi connectivity index (χ1n) is 7.65. The summed E-state index contributed by atoms with van der Waals surface area (Å²) in [6, 6.07) is 9.70. The zero-order chi connectivity index (χ0) is 15.5. The van der Waals surface area contributed by atoms with Crippen molar-refractivity contribution < 1.29 is 9.90 Å². The van der Waals surface area contributed by atoms with Crippen LogP contribution in [0.4, 0.5) is 0 Å². The molecule has 3 aliphatic carbocycles. The third-order valence-electron chi connectivity index (χ3n) is 5.57. The minimum absolute atomic E-state index is 0.0459. The first-order valence-corrected chi connectivity index (χ1v) is 7.65. The molecule has 4 nitrogen and oxygen atoms in total. The summed E-state index contributed by atoms with van der Waals surface area (Å²) in [4.78, 5) is 20.8. The molecule has 0 amide bonds. The van der Waals surface area contributed by atoms with Crippen molar-refractivity contribution in [1.29, 1.82) is 0 Å². The molecule has 1 N–H and O–H groups in total. The third kappa shape index (κ3) is 1.67. The number of hydrogen-bond donors (Lipinski definition) is 1. The smallest absolute Gasteiger partial charge is 0.312 e. The maximum absolute atomic E-state index is 11.8. The van der Waals surface area contributed by atoms with Crippen LogP contribution in [0.25, 0.3) is 11.4 Å². The van der Waals surface area contributed by atoms with Crippen LogP contribution in [0, 0.1) is 11.3 Å². The van der Waals surface area contributed by atoms with Crippen molar-refractivity contribution in [2.45, 2.75) is 32.1 Å². The van der Waals surface area contributed by atoms with Gasteiger partial charge < -0.3 is 5.11 Å². The van der Waals surface area contributed by atoms with E-state index in [-0.39, 0.29) is 11.3 Å². The largest absolute Gasteiger partial charge is 0.481 e.